The summed E-state index contributed by atoms with van der Waals surface area (Å²) in [6, 6.07) is 0. The fourth-order valence-electron chi connectivity index (χ4n) is 2.30. The van der Waals surface area contributed by atoms with Crippen molar-refractivity contribution in [1.29, 1.82) is 0 Å². The number of hydrogen-bond donors (Lipinski definition) is 1. The Morgan fingerprint density at radius 3 is 1.75 bits per heavy atom. The zero-order valence-electron chi connectivity index (χ0n) is 14.9. The number of rotatable bonds is 15. The minimum atomic E-state index is -3.85. The molecule has 0 radical (unpaired) electrons. The molecule has 2 N–H and O–H groups in total. The van der Waals surface area contributed by atoms with Gasteiger partial charge in [-0.2, -0.15) is 8.42 Å². The molecule has 0 aliphatic heterocycles. The fourth-order valence-corrected chi connectivity index (χ4v) is 3.05. The molecule has 0 spiro atoms. The first-order valence-electron chi connectivity index (χ1n) is 9.10. The van der Waals surface area contributed by atoms with Crippen LogP contribution in [0.3, 0.4) is 0 Å². The summed E-state index contributed by atoms with van der Waals surface area (Å²) in [7, 11) is -3.85. The maximum atomic E-state index is 11.6. The Bertz CT molecular complexity index is 401. The summed E-state index contributed by atoms with van der Waals surface area (Å²) in [5.74, 6) is -0.666. The van der Waals surface area contributed by atoms with Gasteiger partial charge >= 0.3 is 45.6 Å². The molecule has 0 amide bonds. The van der Waals surface area contributed by atoms with Gasteiger partial charge in [0.25, 0.3) is 0 Å². The molecule has 140 valence electrons. The molecule has 0 aromatic carbocycles. The molecule has 0 fully saturated rings. The van der Waals surface area contributed by atoms with Gasteiger partial charge in [-0.15, -0.1) is 0 Å². The Kier molecular flexibility index (Phi) is 18.7. The van der Waals surface area contributed by atoms with Gasteiger partial charge < -0.3 is 9.92 Å². The van der Waals surface area contributed by atoms with Crippen molar-refractivity contribution in [2.24, 2.45) is 5.73 Å². The molecule has 0 aliphatic rings. The summed E-state index contributed by atoms with van der Waals surface area (Å²) in [6.07, 6.45) is 13.3. The van der Waals surface area contributed by atoms with Crippen molar-refractivity contribution in [1.82, 2.24) is 0 Å². The predicted molar refractivity (Wildman–Crippen MR) is 102 cm³/mol. The molecule has 5 nitrogen and oxygen atoms in total. The van der Waals surface area contributed by atoms with E-state index in [-0.39, 0.29) is 42.5 Å². The Morgan fingerprint density at radius 1 is 0.917 bits per heavy atom. The topological polar surface area (TPSA) is 86.5 Å². The maximum absolute atomic E-state index is 11.6. The molecule has 0 aromatic heterocycles. The van der Waals surface area contributed by atoms with Crippen molar-refractivity contribution >= 4 is 45.6 Å². The molecule has 0 aliphatic carbocycles. The standard InChI is InChI=1S/C17H35NO4S.Na.H/c1-3-4-5-6-7-8-9-10-11-12-13-14-17(19)22-23(20,21)16(2)15-18;;/h16H,3-15,18H2,1-2H3;;. The van der Waals surface area contributed by atoms with Crippen LogP contribution in [0.1, 0.15) is 90.9 Å². The predicted octanol–water partition coefficient (Wildman–Crippen LogP) is 3.26. The van der Waals surface area contributed by atoms with Crippen LogP contribution in [0, 0.1) is 0 Å². The van der Waals surface area contributed by atoms with Gasteiger partial charge in [-0.1, -0.05) is 71.1 Å². The number of nitrogens with two attached hydrogens (primary N) is 1. The number of unbranched alkanes of at least 4 members (excludes halogenated alkanes) is 10. The van der Waals surface area contributed by atoms with Gasteiger partial charge in [-0.3, -0.25) is 4.79 Å². The second-order valence-electron chi connectivity index (χ2n) is 6.28. The minimum absolute atomic E-state index is 0. The molecular formula is C17H36NNaO4S. The van der Waals surface area contributed by atoms with Crippen molar-refractivity contribution in [3.63, 3.8) is 0 Å². The van der Waals surface area contributed by atoms with Crippen LogP contribution >= 0.6 is 0 Å². The van der Waals surface area contributed by atoms with E-state index in [2.05, 4.69) is 11.1 Å². The summed E-state index contributed by atoms with van der Waals surface area (Å²) in [5.41, 5.74) is 5.28. The van der Waals surface area contributed by atoms with Crippen LogP contribution in [0.2, 0.25) is 0 Å². The molecule has 0 rings (SSSR count). The molecule has 24 heavy (non-hydrogen) atoms. The molecule has 0 aromatic rings. The van der Waals surface area contributed by atoms with E-state index in [0.29, 0.717) is 6.42 Å². The Morgan fingerprint density at radius 2 is 1.33 bits per heavy atom. The first-order chi connectivity index (χ1) is 10.9. The van der Waals surface area contributed by atoms with E-state index in [0.717, 1.165) is 12.8 Å². The Balaban J connectivity index is 0. The molecule has 0 saturated carbocycles. The van der Waals surface area contributed by atoms with E-state index in [1.54, 1.807) is 0 Å². The molecule has 7 heteroatoms. The molecule has 0 bridgehead atoms. The van der Waals surface area contributed by atoms with Crippen LogP contribution in [-0.4, -0.2) is 55.7 Å². The second kappa shape index (κ2) is 16.8. The number of carbonyl (C=O) groups excluding carboxylic acids is 1. The molecule has 0 heterocycles. The average molecular weight is 374 g/mol. The van der Waals surface area contributed by atoms with Crippen LogP contribution in [0.5, 0.6) is 0 Å². The molecule has 0 saturated heterocycles. The van der Waals surface area contributed by atoms with Crippen LogP contribution in [0.25, 0.3) is 0 Å². The van der Waals surface area contributed by atoms with Gasteiger partial charge in [-0.25, -0.2) is 0 Å². The quantitative estimate of drug-likeness (QED) is 0.270. The number of carbonyl (C=O) groups is 1. The Hall–Kier alpha value is 0.380. The van der Waals surface area contributed by atoms with Crippen molar-refractivity contribution in [3.8, 4) is 0 Å². The van der Waals surface area contributed by atoms with Gasteiger partial charge in [-0.05, 0) is 13.3 Å². The van der Waals surface area contributed by atoms with Crippen molar-refractivity contribution < 1.29 is 17.4 Å². The third-order valence-electron chi connectivity index (χ3n) is 4.02. The third kappa shape index (κ3) is 14.7. The summed E-state index contributed by atoms with van der Waals surface area (Å²) < 4.78 is 27.6. The van der Waals surface area contributed by atoms with E-state index >= 15 is 0 Å². The van der Waals surface area contributed by atoms with Gasteiger partial charge in [0.05, 0.1) is 0 Å². The Labute approximate surface area is 170 Å². The molecule has 1 atom stereocenters. The summed E-state index contributed by atoms with van der Waals surface area (Å²) in [6.45, 7) is 3.61. The summed E-state index contributed by atoms with van der Waals surface area (Å²) in [5, 5.41) is -0.844. The van der Waals surface area contributed by atoms with Crippen molar-refractivity contribution in [2.45, 2.75) is 96.1 Å². The SMILES string of the molecule is CCCCCCCCCCCCCC(=O)OS(=O)(=O)C(C)CN.[NaH]. The van der Waals surface area contributed by atoms with Gasteiger partial charge in [0.15, 0.2) is 0 Å². The summed E-state index contributed by atoms with van der Waals surface area (Å²) in [4.78, 5) is 11.5. The van der Waals surface area contributed by atoms with Crippen molar-refractivity contribution in [2.75, 3.05) is 6.54 Å². The van der Waals surface area contributed by atoms with Crippen LogP contribution in [0.4, 0.5) is 0 Å². The van der Waals surface area contributed by atoms with E-state index in [4.69, 9.17) is 5.73 Å². The monoisotopic (exact) mass is 373 g/mol. The fraction of sp³-hybridized carbons (Fsp3) is 0.941. The second-order valence-corrected chi connectivity index (χ2v) is 8.24. The first-order valence-corrected chi connectivity index (χ1v) is 10.6. The third-order valence-corrected chi connectivity index (χ3v) is 5.61. The van der Waals surface area contributed by atoms with E-state index in [1.807, 2.05) is 0 Å². The van der Waals surface area contributed by atoms with E-state index in [1.165, 1.54) is 58.3 Å². The van der Waals surface area contributed by atoms with Gasteiger partial charge in [0.2, 0.25) is 0 Å². The van der Waals surface area contributed by atoms with E-state index in [9.17, 15) is 13.2 Å². The number of hydrogen-bond acceptors (Lipinski definition) is 5. The zero-order valence-corrected chi connectivity index (χ0v) is 15.7. The van der Waals surface area contributed by atoms with Crippen LogP contribution < -0.4 is 5.73 Å². The first kappa shape index (κ1) is 26.6. The van der Waals surface area contributed by atoms with Crippen LogP contribution in [-0.2, 0) is 19.1 Å². The molecular weight excluding hydrogens is 337 g/mol. The van der Waals surface area contributed by atoms with Crippen molar-refractivity contribution in [3.05, 3.63) is 0 Å². The normalized spacial score (nSPS) is 12.5. The summed E-state index contributed by atoms with van der Waals surface area (Å²) >= 11 is 0. The average Bonchev–Trinajstić information content (AvgIpc) is 2.51. The van der Waals surface area contributed by atoms with Gasteiger partial charge in [0.1, 0.15) is 5.25 Å². The van der Waals surface area contributed by atoms with Gasteiger partial charge in [0, 0.05) is 13.0 Å². The van der Waals surface area contributed by atoms with Crippen LogP contribution in [0.15, 0.2) is 0 Å². The van der Waals surface area contributed by atoms with E-state index < -0.39 is 21.3 Å². The zero-order chi connectivity index (χ0) is 17.6. The molecule has 1 unspecified atom stereocenters.